The maximum atomic E-state index is 11.0. The van der Waals surface area contributed by atoms with Crippen LogP contribution in [-0.2, 0) is 9.53 Å². The molecule has 0 aromatic heterocycles. The predicted molar refractivity (Wildman–Crippen MR) is 46.1 cm³/mol. The van der Waals surface area contributed by atoms with Crippen LogP contribution in [0.3, 0.4) is 0 Å². The van der Waals surface area contributed by atoms with Gasteiger partial charge < -0.3 is 4.74 Å². The number of carbonyl (C=O) groups excluding carboxylic acids is 1. The fraction of sp³-hybridized carbons (Fsp3) is 0.625. The molecule has 0 atom stereocenters. The fourth-order valence-electron chi connectivity index (χ4n) is 1.20. The van der Waals surface area contributed by atoms with Crippen LogP contribution >= 0.6 is 15.9 Å². The summed E-state index contributed by atoms with van der Waals surface area (Å²) in [6.07, 6.45) is 1.33. The van der Waals surface area contributed by atoms with Crippen LogP contribution < -0.4 is 0 Å². The Balaban J connectivity index is 2.74. The van der Waals surface area contributed by atoms with Crippen LogP contribution in [-0.4, -0.2) is 5.97 Å². The molecular formula is C8H11BrO2. The van der Waals surface area contributed by atoms with E-state index in [4.69, 9.17) is 4.74 Å². The van der Waals surface area contributed by atoms with E-state index in [9.17, 15) is 4.79 Å². The van der Waals surface area contributed by atoms with Crippen LogP contribution in [0.15, 0.2) is 10.7 Å². The third kappa shape index (κ3) is 2.33. The maximum absolute atomic E-state index is 11.0. The molecule has 2 nitrogen and oxygen atoms in total. The lowest BCUT2D eigenvalue weighted by Crippen LogP contribution is -2.25. The normalized spacial score (nSPS) is 26.8. The van der Waals surface area contributed by atoms with Gasteiger partial charge in [0.05, 0.1) is 6.42 Å². The zero-order chi connectivity index (χ0) is 8.48. The molecule has 62 valence electrons. The number of hydrogen-bond acceptors (Lipinski definition) is 2. The molecule has 1 aliphatic rings. The first-order valence-corrected chi connectivity index (χ1v) is 4.45. The number of rotatable bonds is 0. The van der Waals surface area contributed by atoms with E-state index < -0.39 is 0 Å². The molecule has 1 heterocycles. The molecule has 0 aromatic carbocycles. The average Bonchev–Trinajstić information content (AvgIpc) is 1.83. The van der Waals surface area contributed by atoms with Crippen LogP contribution in [0.25, 0.3) is 0 Å². The standard InChI is InChI=1S/C8H11BrO2/c1-8(2)3-6(5-9)11-7(10)4-8/h5H,3-4H2,1-2H3/b6-5-. The van der Waals surface area contributed by atoms with Crippen molar-refractivity contribution in [2.24, 2.45) is 5.41 Å². The molecule has 3 heteroatoms. The molecule has 0 spiro atoms. The Kier molecular flexibility index (Phi) is 2.37. The predicted octanol–water partition coefficient (Wildman–Crippen LogP) is 2.59. The van der Waals surface area contributed by atoms with Gasteiger partial charge in [0, 0.05) is 11.4 Å². The summed E-state index contributed by atoms with van der Waals surface area (Å²) in [7, 11) is 0. The highest BCUT2D eigenvalue weighted by molar-refractivity contribution is 9.11. The van der Waals surface area contributed by atoms with Crippen molar-refractivity contribution in [3.05, 3.63) is 10.7 Å². The summed E-state index contributed by atoms with van der Waals surface area (Å²) >= 11 is 3.15. The summed E-state index contributed by atoms with van der Waals surface area (Å²) < 4.78 is 4.95. The van der Waals surface area contributed by atoms with Crippen LogP contribution in [0.1, 0.15) is 26.7 Å². The second kappa shape index (κ2) is 2.97. The van der Waals surface area contributed by atoms with E-state index in [-0.39, 0.29) is 11.4 Å². The minimum atomic E-state index is -0.132. The minimum absolute atomic E-state index is 0.0505. The molecule has 0 bridgehead atoms. The lowest BCUT2D eigenvalue weighted by atomic mass is 9.83. The molecule has 0 N–H and O–H groups in total. The first-order valence-electron chi connectivity index (χ1n) is 3.53. The first-order chi connectivity index (χ1) is 5.03. The van der Waals surface area contributed by atoms with E-state index in [0.29, 0.717) is 6.42 Å². The van der Waals surface area contributed by atoms with Gasteiger partial charge in [-0.15, -0.1) is 0 Å². The summed E-state index contributed by atoms with van der Waals surface area (Å²) in [5, 5.41) is 0. The van der Waals surface area contributed by atoms with Gasteiger partial charge in [-0.25, -0.2) is 0 Å². The maximum Gasteiger partial charge on any atom is 0.311 e. The number of carbonyl (C=O) groups is 1. The van der Waals surface area contributed by atoms with E-state index in [1.54, 1.807) is 4.99 Å². The Morgan fingerprint density at radius 1 is 1.55 bits per heavy atom. The number of hydrogen-bond donors (Lipinski definition) is 0. The molecule has 0 radical (unpaired) electrons. The van der Waals surface area contributed by atoms with Gasteiger partial charge in [0.25, 0.3) is 0 Å². The van der Waals surface area contributed by atoms with E-state index >= 15 is 0 Å². The first kappa shape index (κ1) is 8.78. The summed E-state index contributed by atoms with van der Waals surface area (Å²) in [5.74, 6) is 0.596. The highest BCUT2D eigenvalue weighted by Crippen LogP contribution is 2.35. The van der Waals surface area contributed by atoms with E-state index in [1.165, 1.54) is 0 Å². The molecular weight excluding hydrogens is 208 g/mol. The van der Waals surface area contributed by atoms with Gasteiger partial charge in [0.2, 0.25) is 0 Å². The highest BCUT2D eigenvalue weighted by Gasteiger charge is 2.30. The van der Waals surface area contributed by atoms with Crippen molar-refractivity contribution in [1.29, 1.82) is 0 Å². The summed E-state index contributed by atoms with van der Waals surface area (Å²) in [5.41, 5.74) is 0.0505. The van der Waals surface area contributed by atoms with Crippen molar-refractivity contribution in [2.75, 3.05) is 0 Å². The number of ether oxygens (including phenoxy) is 1. The molecule has 0 saturated carbocycles. The average molecular weight is 219 g/mol. The van der Waals surface area contributed by atoms with Gasteiger partial charge in [-0.05, 0) is 5.41 Å². The smallest absolute Gasteiger partial charge is 0.311 e. The number of cyclic esters (lactones) is 1. The molecule has 1 rings (SSSR count). The van der Waals surface area contributed by atoms with Crippen LogP contribution in [0.4, 0.5) is 0 Å². The lowest BCUT2D eigenvalue weighted by molar-refractivity contribution is -0.145. The number of halogens is 1. The molecule has 0 aromatic rings. The van der Waals surface area contributed by atoms with E-state index in [0.717, 1.165) is 12.2 Å². The molecule has 1 saturated heterocycles. The summed E-state index contributed by atoms with van der Waals surface area (Å²) in [4.78, 5) is 12.6. The van der Waals surface area contributed by atoms with E-state index in [1.807, 2.05) is 0 Å². The molecule has 11 heavy (non-hydrogen) atoms. The Morgan fingerprint density at radius 3 is 2.64 bits per heavy atom. The fourth-order valence-corrected chi connectivity index (χ4v) is 1.46. The van der Waals surface area contributed by atoms with E-state index in [2.05, 4.69) is 29.8 Å². The van der Waals surface area contributed by atoms with Crippen molar-refractivity contribution in [1.82, 2.24) is 0 Å². The quantitative estimate of drug-likeness (QED) is 0.585. The minimum Gasteiger partial charge on any atom is -0.430 e. The van der Waals surface area contributed by atoms with Crippen molar-refractivity contribution in [3.8, 4) is 0 Å². The van der Waals surface area contributed by atoms with Crippen molar-refractivity contribution >= 4 is 21.9 Å². The van der Waals surface area contributed by atoms with Gasteiger partial charge in [-0.3, -0.25) is 4.79 Å². The van der Waals surface area contributed by atoms with Crippen molar-refractivity contribution < 1.29 is 9.53 Å². The number of allylic oxidation sites excluding steroid dienone is 1. The second-order valence-electron chi connectivity index (χ2n) is 3.57. The van der Waals surface area contributed by atoms with Gasteiger partial charge in [-0.1, -0.05) is 29.8 Å². The molecule has 0 aliphatic carbocycles. The van der Waals surface area contributed by atoms with Gasteiger partial charge in [0.1, 0.15) is 5.76 Å². The number of esters is 1. The topological polar surface area (TPSA) is 26.3 Å². The third-order valence-electron chi connectivity index (χ3n) is 1.64. The molecule has 1 fully saturated rings. The van der Waals surface area contributed by atoms with Gasteiger partial charge in [-0.2, -0.15) is 0 Å². The molecule has 0 unspecified atom stereocenters. The van der Waals surface area contributed by atoms with Gasteiger partial charge >= 0.3 is 5.97 Å². The van der Waals surface area contributed by atoms with Gasteiger partial charge in [0.15, 0.2) is 0 Å². The van der Waals surface area contributed by atoms with Crippen LogP contribution in [0.2, 0.25) is 0 Å². The second-order valence-corrected chi connectivity index (χ2v) is 4.03. The largest absolute Gasteiger partial charge is 0.430 e. The van der Waals surface area contributed by atoms with Crippen molar-refractivity contribution in [3.63, 3.8) is 0 Å². The Morgan fingerprint density at radius 2 is 2.18 bits per heavy atom. The zero-order valence-electron chi connectivity index (χ0n) is 6.69. The zero-order valence-corrected chi connectivity index (χ0v) is 8.27. The summed E-state index contributed by atoms with van der Waals surface area (Å²) in [6, 6.07) is 0. The van der Waals surface area contributed by atoms with Crippen molar-refractivity contribution in [2.45, 2.75) is 26.7 Å². The SMILES string of the molecule is CC1(C)CC(=O)O/C(=C\Br)C1. The highest BCUT2D eigenvalue weighted by atomic mass is 79.9. The Hall–Kier alpha value is -0.310. The Bertz CT molecular complexity index is 206. The van der Waals surface area contributed by atoms with Crippen LogP contribution in [0, 0.1) is 5.41 Å². The lowest BCUT2D eigenvalue weighted by Gasteiger charge is -2.29. The third-order valence-corrected chi connectivity index (χ3v) is 2.15. The summed E-state index contributed by atoms with van der Waals surface area (Å²) in [6.45, 7) is 4.12. The van der Waals surface area contributed by atoms with Crippen LogP contribution in [0.5, 0.6) is 0 Å². The Labute approximate surface area is 74.7 Å². The monoisotopic (exact) mass is 218 g/mol. The molecule has 1 aliphatic heterocycles. The molecule has 0 amide bonds.